The third kappa shape index (κ3) is 4.68. The number of anilines is 2. The van der Waals surface area contributed by atoms with Crippen molar-refractivity contribution >= 4 is 27.3 Å². The highest BCUT2D eigenvalue weighted by atomic mass is 32.2. The van der Waals surface area contributed by atoms with E-state index < -0.39 is 10.0 Å². The molecule has 1 aliphatic heterocycles. The molecule has 1 aromatic carbocycles. The third-order valence-electron chi connectivity index (χ3n) is 4.19. The Labute approximate surface area is 138 Å². The molecule has 3 N–H and O–H groups in total. The van der Waals surface area contributed by atoms with Crippen molar-refractivity contribution < 1.29 is 13.2 Å². The summed E-state index contributed by atoms with van der Waals surface area (Å²) in [5.41, 5.74) is 6.96. The number of rotatable bonds is 6. The molecule has 0 radical (unpaired) electrons. The van der Waals surface area contributed by atoms with Gasteiger partial charge in [0.2, 0.25) is 15.9 Å². The van der Waals surface area contributed by atoms with E-state index in [1.54, 1.807) is 12.1 Å². The predicted molar refractivity (Wildman–Crippen MR) is 92.5 cm³/mol. The van der Waals surface area contributed by atoms with Crippen LogP contribution in [0.25, 0.3) is 0 Å². The lowest BCUT2D eigenvalue weighted by Gasteiger charge is -2.30. The molecule has 1 heterocycles. The molecule has 1 aromatic rings. The Morgan fingerprint density at radius 1 is 1.30 bits per heavy atom. The van der Waals surface area contributed by atoms with Crippen LogP contribution in [-0.2, 0) is 14.8 Å². The molecule has 2 rings (SSSR count). The van der Waals surface area contributed by atoms with Crippen LogP contribution in [0.15, 0.2) is 24.3 Å². The lowest BCUT2D eigenvalue weighted by atomic mass is 9.97. The number of nitrogens with zero attached hydrogens (tertiary/aromatic N) is 1. The molecule has 1 fully saturated rings. The zero-order chi connectivity index (χ0) is 16.9. The molecule has 1 amide bonds. The van der Waals surface area contributed by atoms with Crippen molar-refractivity contribution in [2.75, 3.05) is 29.9 Å². The van der Waals surface area contributed by atoms with Gasteiger partial charge in [0.25, 0.3) is 0 Å². The molecular formula is C16H25N3O3S. The Kier molecular flexibility index (Phi) is 6.01. The van der Waals surface area contributed by atoms with Gasteiger partial charge in [0.1, 0.15) is 0 Å². The van der Waals surface area contributed by atoms with E-state index in [0.29, 0.717) is 43.7 Å². The van der Waals surface area contributed by atoms with Crippen molar-refractivity contribution in [1.29, 1.82) is 0 Å². The zero-order valence-electron chi connectivity index (χ0n) is 13.5. The predicted octanol–water partition coefficient (Wildman–Crippen LogP) is 2.05. The minimum absolute atomic E-state index is 0.0893. The summed E-state index contributed by atoms with van der Waals surface area (Å²) in [5, 5.41) is 2.84. The molecule has 1 aliphatic rings. The molecule has 0 unspecified atom stereocenters. The number of hydrogen-bond acceptors (Lipinski definition) is 4. The lowest BCUT2D eigenvalue weighted by Crippen LogP contribution is -2.42. The third-order valence-corrected chi connectivity index (χ3v) is 6.15. The molecule has 0 aromatic heterocycles. The number of nitrogens with one attached hydrogen (secondary N) is 1. The van der Waals surface area contributed by atoms with Crippen LogP contribution in [0.3, 0.4) is 0 Å². The van der Waals surface area contributed by atoms with Crippen molar-refractivity contribution in [3.8, 4) is 0 Å². The van der Waals surface area contributed by atoms with Crippen LogP contribution in [0.2, 0.25) is 0 Å². The Balaban J connectivity index is 1.89. The van der Waals surface area contributed by atoms with E-state index in [-0.39, 0.29) is 17.6 Å². The smallest absolute Gasteiger partial charge is 0.227 e. The molecule has 1 saturated heterocycles. The van der Waals surface area contributed by atoms with Crippen molar-refractivity contribution in [3.05, 3.63) is 24.3 Å². The van der Waals surface area contributed by atoms with Crippen LogP contribution in [0.5, 0.6) is 0 Å². The fourth-order valence-electron chi connectivity index (χ4n) is 2.70. The van der Waals surface area contributed by atoms with E-state index >= 15 is 0 Å². The highest BCUT2D eigenvalue weighted by molar-refractivity contribution is 7.89. The molecule has 6 nitrogen and oxygen atoms in total. The number of para-hydroxylation sites is 2. The minimum atomic E-state index is -3.18. The van der Waals surface area contributed by atoms with Crippen LogP contribution in [0.1, 0.15) is 32.6 Å². The number of hydrogen-bond donors (Lipinski definition) is 2. The Hall–Kier alpha value is -1.60. The van der Waals surface area contributed by atoms with Gasteiger partial charge in [-0.1, -0.05) is 25.5 Å². The summed E-state index contributed by atoms with van der Waals surface area (Å²) >= 11 is 0. The van der Waals surface area contributed by atoms with Crippen molar-refractivity contribution in [1.82, 2.24) is 4.31 Å². The normalized spacial score (nSPS) is 17.1. The van der Waals surface area contributed by atoms with Gasteiger partial charge in [-0.25, -0.2) is 12.7 Å². The number of carbonyl (C=O) groups is 1. The van der Waals surface area contributed by atoms with Crippen LogP contribution in [0, 0.1) is 5.92 Å². The zero-order valence-corrected chi connectivity index (χ0v) is 14.3. The highest BCUT2D eigenvalue weighted by Crippen LogP contribution is 2.23. The molecular weight excluding hydrogens is 314 g/mol. The number of unbranched alkanes of at least 4 members (excludes halogenated alkanes) is 1. The average molecular weight is 339 g/mol. The number of nitrogens with two attached hydrogens (primary N) is 1. The van der Waals surface area contributed by atoms with Crippen LogP contribution in [-0.4, -0.2) is 37.5 Å². The molecule has 7 heteroatoms. The first-order chi connectivity index (χ1) is 10.9. The Morgan fingerprint density at radius 2 is 1.96 bits per heavy atom. The summed E-state index contributed by atoms with van der Waals surface area (Å²) in [6.07, 6.45) is 2.63. The maximum atomic E-state index is 12.3. The van der Waals surface area contributed by atoms with E-state index in [4.69, 9.17) is 5.73 Å². The largest absolute Gasteiger partial charge is 0.397 e. The molecule has 0 aliphatic carbocycles. The van der Waals surface area contributed by atoms with Gasteiger partial charge in [-0.05, 0) is 31.4 Å². The number of piperidine rings is 1. The average Bonchev–Trinajstić information content (AvgIpc) is 2.55. The van der Waals surface area contributed by atoms with Gasteiger partial charge in [0.15, 0.2) is 0 Å². The molecule has 0 bridgehead atoms. The van der Waals surface area contributed by atoms with Crippen LogP contribution < -0.4 is 11.1 Å². The van der Waals surface area contributed by atoms with Crippen molar-refractivity contribution in [2.24, 2.45) is 5.92 Å². The van der Waals surface area contributed by atoms with Gasteiger partial charge >= 0.3 is 0 Å². The lowest BCUT2D eigenvalue weighted by molar-refractivity contribution is -0.120. The van der Waals surface area contributed by atoms with Crippen molar-refractivity contribution in [2.45, 2.75) is 32.6 Å². The van der Waals surface area contributed by atoms with Crippen LogP contribution in [0.4, 0.5) is 11.4 Å². The van der Waals surface area contributed by atoms with E-state index in [0.717, 1.165) is 6.42 Å². The van der Waals surface area contributed by atoms with Gasteiger partial charge in [0, 0.05) is 19.0 Å². The molecule has 128 valence electrons. The van der Waals surface area contributed by atoms with Gasteiger partial charge in [-0.2, -0.15) is 0 Å². The summed E-state index contributed by atoms with van der Waals surface area (Å²) in [6, 6.07) is 7.12. The second kappa shape index (κ2) is 7.79. The molecule has 23 heavy (non-hydrogen) atoms. The standard InChI is InChI=1S/C16H25N3O3S/c1-2-3-12-23(21,22)19-10-8-13(9-11-19)16(20)18-15-7-5-4-6-14(15)17/h4-7,13H,2-3,8-12,17H2,1H3,(H,18,20). The van der Waals surface area contributed by atoms with Gasteiger partial charge < -0.3 is 11.1 Å². The molecule has 0 atom stereocenters. The summed E-state index contributed by atoms with van der Waals surface area (Å²) in [6.45, 7) is 2.80. The number of nitrogen functional groups attached to an aromatic ring is 1. The Morgan fingerprint density at radius 3 is 2.57 bits per heavy atom. The Bertz CT molecular complexity index is 638. The van der Waals surface area contributed by atoms with Crippen LogP contribution >= 0.6 is 0 Å². The fraction of sp³-hybridized carbons (Fsp3) is 0.562. The number of benzene rings is 1. The maximum Gasteiger partial charge on any atom is 0.227 e. The number of amides is 1. The number of sulfonamides is 1. The number of carbonyl (C=O) groups excluding carboxylic acids is 1. The second-order valence-electron chi connectivity index (χ2n) is 5.92. The van der Waals surface area contributed by atoms with Crippen molar-refractivity contribution in [3.63, 3.8) is 0 Å². The topological polar surface area (TPSA) is 92.5 Å². The highest BCUT2D eigenvalue weighted by Gasteiger charge is 2.30. The second-order valence-corrected chi connectivity index (χ2v) is 8.01. The van der Waals surface area contributed by atoms with E-state index in [9.17, 15) is 13.2 Å². The summed E-state index contributed by atoms with van der Waals surface area (Å²) in [7, 11) is -3.18. The SMILES string of the molecule is CCCCS(=O)(=O)N1CCC(C(=O)Nc2ccccc2N)CC1. The van der Waals surface area contributed by atoms with E-state index in [2.05, 4.69) is 5.32 Å². The van der Waals surface area contributed by atoms with Gasteiger partial charge in [-0.15, -0.1) is 0 Å². The first-order valence-corrected chi connectivity index (χ1v) is 9.68. The summed E-state index contributed by atoms with van der Waals surface area (Å²) in [5.74, 6) is -0.0679. The molecule has 0 spiro atoms. The minimum Gasteiger partial charge on any atom is -0.397 e. The summed E-state index contributed by atoms with van der Waals surface area (Å²) in [4.78, 5) is 12.3. The van der Waals surface area contributed by atoms with E-state index in [1.165, 1.54) is 4.31 Å². The van der Waals surface area contributed by atoms with Gasteiger partial charge in [0.05, 0.1) is 17.1 Å². The monoisotopic (exact) mass is 339 g/mol. The quantitative estimate of drug-likeness (QED) is 0.776. The van der Waals surface area contributed by atoms with Gasteiger partial charge in [-0.3, -0.25) is 4.79 Å². The fourth-order valence-corrected chi connectivity index (χ4v) is 4.38. The first-order valence-electron chi connectivity index (χ1n) is 8.07. The summed E-state index contributed by atoms with van der Waals surface area (Å²) < 4.78 is 25.8. The first kappa shape index (κ1) is 17.7. The maximum absolute atomic E-state index is 12.3. The van der Waals surface area contributed by atoms with E-state index in [1.807, 2.05) is 19.1 Å². The molecule has 0 saturated carbocycles.